The van der Waals surface area contributed by atoms with Crippen LogP contribution in [0.5, 0.6) is 11.5 Å². The molecule has 0 amide bonds. The van der Waals surface area contributed by atoms with E-state index in [4.69, 9.17) is 27.9 Å². The zero-order valence-electron chi connectivity index (χ0n) is 9.27. The molecule has 0 unspecified atom stereocenters. The van der Waals surface area contributed by atoms with Gasteiger partial charge in [0.05, 0.1) is 0 Å². The van der Waals surface area contributed by atoms with E-state index < -0.39 is 5.78 Å². The van der Waals surface area contributed by atoms with Crippen LogP contribution in [0, 0.1) is 4.84 Å². The van der Waals surface area contributed by atoms with Crippen molar-refractivity contribution < 1.29 is 9.53 Å². The fourth-order valence-corrected chi connectivity index (χ4v) is 1.63. The molecule has 2 nitrogen and oxygen atoms in total. The van der Waals surface area contributed by atoms with E-state index in [1.807, 2.05) is 30.3 Å². The van der Waals surface area contributed by atoms with Crippen LogP contribution in [0.1, 0.15) is 10.4 Å². The second-order valence-corrected chi connectivity index (χ2v) is 4.48. The van der Waals surface area contributed by atoms with Crippen molar-refractivity contribution in [2.24, 2.45) is 0 Å². The van der Waals surface area contributed by atoms with Gasteiger partial charge in [-0.15, -0.1) is 0 Å². The van der Waals surface area contributed by atoms with Gasteiger partial charge in [0, 0.05) is 5.56 Å². The number of hydrogen-bond acceptors (Lipinski definition) is 2. The predicted molar refractivity (Wildman–Crippen MR) is 72.2 cm³/mol. The van der Waals surface area contributed by atoms with E-state index in [9.17, 15) is 4.79 Å². The number of carbonyl (C=O) groups is 1. The normalized spacial score (nSPS) is 10.4. The summed E-state index contributed by atoms with van der Waals surface area (Å²) in [5, 5.41) is 0. The number of Topliss-reactive ketones (excluding diaryl/α,β-unsaturated/α-hetero) is 1. The van der Waals surface area contributed by atoms with E-state index in [0.29, 0.717) is 11.3 Å². The SMILES string of the molecule is O=C([C](Cl)Cl)c1ccc(Oc2ccccc2)cc1. The Labute approximate surface area is 115 Å². The molecule has 18 heavy (non-hydrogen) atoms. The number of ketones is 1. The molecular formula is C14H9Cl2O2. The summed E-state index contributed by atoms with van der Waals surface area (Å²) >= 11 is 10.9. The quantitative estimate of drug-likeness (QED) is 0.763. The molecule has 4 heteroatoms. The van der Waals surface area contributed by atoms with Gasteiger partial charge in [0.25, 0.3) is 0 Å². The lowest BCUT2D eigenvalue weighted by atomic mass is 10.1. The summed E-state index contributed by atoms with van der Waals surface area (Å²) in [5.74, 6) is 0.978. The minimum Gasteiger partial charge on any atom is -0.457 e. The fourth-order valence-electron chi connectivity index (χ4n) is 1.41. The number of hydrogen-bond donors (Lipinski definition) is 0. The van der Waals surface area contributed by atoms with Gasteiger partial charge < -0.3 is 4.74 Å². The molecular weight excluding hydrogens is 271 g/mol. The summed E-state index contributed by atoms with van der Waals surface area (Å²) < 4.78 is 5.59. The van der Waals surface area contributed by atoms with Gasteiger partial charge in [-0.05, 0) is 36.4 Å². The van der Waals surface area contributed by atoms with Crippen molar-refractivity contribution in [2.75, 3.05) is 0 Å². The Morgan fingerprint density at radius 2 is 1.39 bits per heavy atom. The van der Waals surface area contributed by atoms with Crippen LogP contribution < -0.4 is 4.74 Å². The highest BCUT2D eigenvalue weighted by Crippen LogP contribution is 2.24. The number of halogens is 2. The van der Waals surface area contributed by atoms with Crippen LogP contribution in [0.25, 0.3) is 0 Å². The maximum absolute atomic E-state index is 11.5. The summed E-state index contributed by atoms with van der Waals surface area (Å²) in [5.41, 5.74) is 0.426. The third-order valence-electron chi connectivity index (χ3n) is 2.27. The average Bonchev–Trinajstić information content (AvgIpc) is 2.40. The lowest BCUT2D eigenvalue weighted by molar-refractivity contribution is 0.103. The van der Waals surface area contributed by atoms with E-state index in [-0.39, 0.29) is 4.84 Å². The van der Waals surface area contributed by atoms with Crippen molar-refractivity contribution in [3.05, 3.63) is 65.0 Å². The molecule has 2 aromatic rings. The molecule has 0 N–H and O–H groups in total. The number of ether oxygens (including phenoxy) is 1. The van der Waals surface area contributed by atoms with Crippen molar-refractivity contribution in [2.45, 2.75) is 0 Å². The maximum atomic E-state index is 11.5. The van der Waals surface area contributed by atoms with Crippen LogP contribution in [0.3, 0.4) is 0 Å². The molecule has 0 bridgehead atoms. The molecule has 1 radical (unpaired) electrons. The van der Waals surface area contributed by atoms with E-state index in [0.717, 1.165) is 5.75 Å². The third kappa shape index (κ3) is 3.25. The molecule has 0 saturated heterocycles. The second-order valence-electron chi connectivity index (χ2n) is 3.53. The van der Waals surface area contributed by atoms with Gasteiger partial charge in [0.15, 0.2) is 0 Å². The highest BCUT2D eigenvalue weighted by atomic mass is 35.5. The van der Waals surface area contributed by atoms with Gasteiger partial charge in [-0.25, -0.2) is 0 Å². The van der Waals surface area contributed by atoms with Gasteiger partial charge in [0.1, 0.15) is 11.5 Å². The topological polar surface area (TPSA) is 26.3 Å². The standard InChI is InChI=1S/C14H9Cl2O2/c15-14(16)13(17)10-6-8-12(9-7-10)18-11-4-2-1-3-5-11/h1-9H. The summed E-state index contributed by atoms with van der Waals surface area (Å²) in [4.78, 5) is 11.2. The smallest absolute Gasteiger partial charge is 0.220 e. The summed E-state index contributed by atoms with van der Waals surface area (Å²) in [7, 11) is 0. The highest BCUT2D eigenvalue weighted by Gasteiger charge is 2.15. The lowest BCUT2D eigenvalue weighted by Gasteiger charge is -2.06. The van der Waals surface area contributed by atoms with Crippen molar-refractivity contribution in [3.63, 3.8) is 0 Å². The Morgan fingerprint density at radius 1 is 0.833 bits per heavy atom. The molecule has 0 aromatic heterocycles. The van der Waals surface area contributed by atoms with Crippen molar-refractivity contribution in [3.8, 4) is 11.5 Å². The number of carbonyl (C=O) groups excluding carboxylic acids is 1. The summed E-state index contributed by atoms with van der Waals surface area (Å²) in [6, 6.07) is 16.0. The molecule has 0 spiro atoms. The van der Waals surface area contributed by atoms with Gasteiger partial charge in [-0.2, -0.15) is 0 Å². The minimum atomic E-state index is -0.399. The fraction of sp³-hybridized carbons (Fsp3) is 0. The second kappa shape index (κ2) is 5.89. The van der Waals surface area contributed by atoms with Crippen molar-refractivity contribution >= 4 is 29.0 Å². The Balaban J connectivity index is 2.11. The number of para-hydroxylation sites is 1. The molecule has 0 heterocycles. The van der Waals surface area contributed by atoms with Gasteiger partial charge >= 0.3 is 0 Å². The van der Waals surface area contributed by atoms with Gasteiger partial charge in [-0.3, -0.25) is 4.79 Å². The van der Waals surface area contributed by atoms with Gasteiger partial charge in [-0.1, -0.05) is 41.4 Å². The first-order valence-electron chi connectivity index (χ1n) is 5.22. The first kappa shape index (κ1) is 12.9. The molecule has 0 saturated carbocycles. The van der Waals surface area contributed by atoms with E-state index in [1.54, 1.807) is 24.3 Å². The molecule has 2 aromatic carbocycles. The van der Waals surface area contributed by atoms with Crippen LogP contribution >= 0.6 is 23.2 Å². The zero-order valence-corrected chi connectivity index (χ0v) is 10.8. The number of rotatable bonds is 4. The maximum Gasteiger partial charge on any atom is 0.220 e. The average molecular weight is 280 g/mol. The Hall–Kier alpha value is -1.51. The Bertz CT molecular complexity index is 521. The molecule has 0 fully saturated rings. The molecule has 91 valence electrons. The van der Waals surface area contributed by atoms with Crippen molar-refractivity contribution in [1.29, 1.82) is 0 Å². The van der Waals surface area contributed by atoms with Crippen molar-refractivity contribution in [1.82, 2.24) is 0 Å². The van der Waals surface area contributed by atoms with Crippen LogP contribution in [-0.4, -0.2) is 5.78 Å². The summed E-state index contributed by atoms with van der Waals surface area (Å²) in [6.45, 7) is 0. The van der Waals surface area contributed by atoms with Crippen LogP contribution in [0.2, 0.25) is 0 Å². The third-order valence-corrected chi connectivity index (χ3v) is 2.61. The Kier molecular flexibility index (Phi) is 4.24. The summed E-state index contributed by atoms with van der Waals surface area (Å²) in [6.07, 6.45) is 0. The highest BCUT2D eigenvalue weighted by molar-refractivity contribution is 6.64. The van der Waals surface area contributed by atoms with E-state index in [1.165, 1.54) is 0 Å². The molecule has 0 aliphatic rings. The largest absolute Gasteiger partial charge is 0.457 e. The van der Waals surface area contributed by atoms with Crippen LogP contribution in [-0.2, 0) is 0 Å². The van der Waals surface area contributed by atoms with Crippen LogP contribution in [0.15, 0.2) is 54.6 Å². The molecule has 0 aliphatic heterocycles. The zero-order chi connectivity index (χ0) is 13.0. The van der Waals surface area contributed by atoms with Crippen LogP contribution in [0.4, 0.5) is 0 Å². The monoisotopic (exact) mass is 279 g/mol. The number of benzene rings is 2. The minimum absolute atomic E-state index is 0.272. The first-order chi connectivity index (χ1) is 8.66. The molecule has 0 atom stereocenters. The van der Waals surface area contributed by atoms with Gasteiger partial charge in [0.2, 0.25) is 10.6 Å². The van der Waals surface area contributed by atoms with E-state index in [2.05, 4.69) is 0 Å². The lowest BCUT2D eigenvalue weighted by Crippen LogP contribution is -2.00. The molecule has 0 aliphatic carbocycles. The predicted octanol–water partition coefficient (Wildman–Crippen LogP) is 4.63. The first-order valence-corrected chi connectivity index (χ1v) is 5.98. The van der Waals surface area contributed by atoms with E-state index >= 15 is 0 Å². The Morgan fingerprint density at radius 3 is 1.94 bits per heavy atom. The molecule has 2 rings (SSSR count).